The van der Waals surface area contributed by atoms with Gasteiger partial charge >= 0.3 is 12.3 Å². The second kappa shape index (κ2) is 8.02. The van der Waals surface area contributed by atoms with Crippen molar-refractivity contribution in [2.45, 2.75) is 12.7 Å². The molecule has 2 aromatic rings. The molecule has 0 aliphatic rings. The van der Waals surface area contributed by atoms with Crippen LogP contribution in [0.15, 0.2) is 36.4 Å². The van der Waals surface area contributed by atoms with Crippen LogP contribution in [0.4, 0.5) is 32.4 Å². The van der Waals surface area contributed by atoms with Crippen LogP contribution in [0.3, 0.4) is 0 Å². The SMILES string of the molecule is COC(=O)NCc1ccc(NC(=O)c2c(F)cc(C(F)(F)F)cc2F)cc1. The standard InChI is InChI=1S/C17H13F5N2O3/c1-27-16(26)23-8-9-2-4-11(5-3-9)24-15(25)14-12(18)6-10(7-13(14)19)17(20,21)22/h2-7H,8H2,1H3,(H,23,26)(H,24,25). The van der Waals surface area contributed by atoms with Gasteiger partial charge in [-0.1, -0.05) is 12.1 Å². The lowest BCUT2D eigenvalue weighted by molar-refractivity contribution is -0.138. The lowest BCUT2D eigenvalue weighted by atomic mass is 10.1. The molecular formula is C17H13F5N2O3. The van der Waals surface area contributed by atoms with Gasteiger partial charge in [-0.2, -0.15) is 13.2 Å². The number of rotatable bonds is 4. The van der Waals surface area contributed by atoms with Crippen LogP contribution in [0, 0.1) is 11.6 Å². The predicted octanol–water partition coefficient (Wildman–Crippen LogP) is 4.09. The Morgan fingerprint density at radius 3 is 2.07 bits per heavy atom. The molecule has 0 atom stereocenters. The molecule has 0 fully saturated rings. The van der Waals surface area contributed by atoms with E-state index in [2.05, 4.69) is 15.4 Å². The fraction of sp³-hybridized carbons (Fsp3) is 0.176. The number of nitrogens with one attached hydrogen (secondary N) is 2. The van der Waals surface area contributed by atoms with E-state index in [0.29, 0.717) is 5.56 Å². The smallest absolute Gasteiger partial charge is 0.416 e. The Morgan fingerprint density at radius 2 is 1.59 bits per heavy atom. The number of halogens is 5. The highest BCUT2D eigenvalue weighted by molar-refractivity contribution is 6.04. The van der Waals surface area contributed by atoms with Gasteiger partial charge in [-0.05, 0) is 29.8 Å². The maximum atomic E-state index is 13.8. The highest BCUT2D eigenvalue weighted by Gasteiger charge is 2.33. The molecule has 2 N–H and O–H groups in total. The van der Waals surface area contributed by atoms with Gasteiger partial charge in [0.05, 0.1) is 12.7 Å². The molecule has 0 aliphatic carbocycles. The molecule has 2 rings (SSSR count). The zero-order valence-corrected chi connectivity index (χ0v) is 13.8. The highest BCUT2D eigenvalue weighted by atomic mass is 19.4. The molecule has 0 bridgehead atoms. The second-order valence-corrected chi connectivity index (χ2v) is 5.31. The van der Waals surface area contributed by atoms with Gasteiger partial charge in [0.1, 0.15) is 17.2 Å². The van der Waals surface area contributed by atoms with Crippen LogP contribution in [0.5, 0.6) is 0 Å². The summed E-state index contributed by atoms with van der Waals surface area (Å²) in [6.07, 6.45) is -5.58. The predicted molar refractivity (Wildman–Crippen MR) is 85.0 cm³/mol. The highest BCUT2D eigenvalue weighted by Crippen LogP contribution is 2.31. The van der Waals surface area contributed by atoms with E-state index in [1.54, 1.807) is 0 Å². The largest absolute Gasteiger partial charge is 0.453 e. The van der Waals surface area contributed by atoms with E-state index in [9.17, 15) is 31.5 Å². The van der Waals surface area contributed by atoms with Crippen molar-refractivity contribution >= 4 is 17.7 Å². The van der Waals surface area contributed by atoms with E-state index in [1.165, 1.54) is 31.4 Å². The third-order valence-electron chi connectivity index (χ3n) is 3.43. The molecule has 5 nitrogen and oxygen atoms in total. The normalized spacial score (nSPS) is 11.0. The summed E-state index contributed by atoms with van der Waals surface area (Å²) < 4.78 is 69.6. The van der Waals surface area contributed by atoms with Crippen LogP contribution in [-0.4, -0.2) is 19.1 Å². The Morgan fingerprint density at radius 1 is 1.04 bits per heavy atom. The molecular weight excluding hydrogens is 375 g/mol. The van der Waals surface area contributed by atoms with Gasteiger partial charge in [0.15, 0.2) is 0 Å². The number of alkyl carbamates (subject to hydrolysis) is 1. The first-order chi connectivity index (χ1) is 12.6. The Bertz CT molecular complexity index is 828. The summed E-state index contributed by atoms with van der Waals surface area (Å²) in [6.45, 7) is 0.142. The van der Waals surface area contributed by atoms with E-state index in [0.717, 1.165) is 0 Å². The fourth-order valence-electron chi connectivity index (χ4n) is 2.10. The molecule has 0 aromatic heterocycles. The van der Waals surface area contributed by atoms with Crippen LogP contribution in [0.1, 0.15) is 21.5 Å². The molecule has 0 saturated heterocycles. The molecule has 0 heterocycles. The fourth-order valence-corrected chi connectivity index (χ4v) is 2.10. The third kappa shape index (κ3) is 5.16. The minimum absolute atomic E-state index is 0.0551. The van der Waals surface area contributed by atoms with E-state index < -0.39 is 40.9 Å². The number of amides is 2. The maximum Gasteiger partial charge on any atom is 0.416 e. The Labute approximate surface area is 150 Å². The summed E-state index contributed by atoms with van der Waals surface area (Å²) in [5.74, 6) is -4.49. The number of carbonyl (C=O) groups excluding carboxylic acids is 2. The molecule has 2 aromatic carbocycles. The van der Waals surface area contributed by atoms with Gasteiger partial charge in [0, 0.05) is 12.2 Å². The minimum atomic E-state index is -4.94. The summed E-state index contributed by atoms with van der Waals surface area (Å²) in [5.41, 5.74) is -1.86. The van der Waals surface area contributed by atoms with E-state index in [4.69, 9.17) is 0 Å². The summed E-state index contributed by atoms with van der Waals surface area (Å²) in [4.78, 5) is 23.0. The molecule has 0 saturated carbocycles. The van der Waals surface area contributed by atoms with E-state index in [1.807, 2.05) is 0 Å². The van der Waals surface area contributed by atoms with Gasteiger partial charge in [0.2, 0.25) is 0 Å². The molecule has 2 amide bonds. The number of carbonyl (C=O) groups is 2. The zero-order chi connectivity index (χ0) is 20.2. The molecule has 144 valence electrons. The number of benzene rings is 2. The molecule has 0 aliphatic heterocycles. The third-order valence-corrected chi connectivity index (χ3v) is 3.43. The minimum Gasteiger partial charge on any atom is -0.453 e. The van der Waals surface area contributed by atoms with Gasteiger partial charge in [0.25, 0.3) is 5.91 Å². The van der Waals surface area contributed by atoms with Crippen molar-refractivity contribution in [3.8, 4) is 0 Å². The van der Waals surface area contributed by atoms with Crippen molar-refractivity contribution in [2.24, 2.45) is 0 Å². The van der Waals surface area contributed by atoms with Crippen molar-refractivity contribution < 1.29 is 36.3 Å². The summed E-state index contributed by atoms with van der Waals surface area (Å²) in [7, 11) is 1.20. The summed E-state index contributed by atoms with van der Waals surface area (Å²) in [5, 5.41) is 4.62. The molecule has 0 radical (unpaired) electrons. The Kier molecular flexibility index (Phi) is 5.98. The number of alkyl halides is 3. The van der Waals surface area contributed by atoms with E-state index >= 15 is 0 Å². The second-order valence-electron chi connectivity index (χ2n) is 5.31. The molecule has 27 heavy (non-hydrogen) atoms. The Balaban J connectivity index is 2.12. The Hall–Kier alpha value is -3.17. The number of methoxy groups -OCH3 is 1. The van der Waals surface area contributed by atoms with Crippen molar-refractivity contribution in [1.82, 2.24) is 5.32 Å². The molecule has 0 unspecified atom stereocenters. The average molecular weight is 388 g/mol. The number of hydrogen-bond donors (Lipinski definition) is 2. The van der Waals surface area contributed by atoms with E-state index in [-0.39, 0.29) is 24.4 Å². The van der Waals surface area contributed by atoms with Crippen LogP contribution in [0.2, 0.25) is 0 Å². The number of hydrogen-bond acceptors (Lipinski definition) is 3. The van der Waals surface area contributed by atoms with Gasteiger partial charge in [-0.3, -0.25) is 4.79 Å². The number of ether oxygens (including phenoxy) is 1. The van der Waals surface area contributed by atoms with Crippen LogP contribution < -0.4 is 10.6 Å². The van der Waals surface area contributed by atoms with Crippen LogP contribution >= 0.6 is 0 Å². The first-order valence-corrected chi connectivity index (χ1v) is 7.40. The van der Waals surface area contributed by atoms with Gasteiger partial charge in [-0.15, -0.1) is 0 Å². The molecule has 10 heteroatoms. The zero-order valence-electron chi connectivity index (χ0n) is 13.8. The van der Waals surface area contributed by atoms with Crippen molar-refractivity contribution in [3.63, 3.8) is 0 Å². The summed E-state index contributed by atoms with van der Waals surface area (Å²) >= 11 is 0. The van der Waals surface area contributed by atoms with Crippen LogP contribution in [-0.2, 0) is 17.5 Å². The first-order valence-electron chi connectivity index (χ1n) is 7.40. The summed E-state index contributed by atoms with van der Waals surface area (Å²) in [6, 6.07) is 5.94. The maximum absolute atomic E-state index is 13.8. The first kappa shape index (κ1) is 20.1. The van der Waals surface area contributed by atoms with Gasteiger partial charge in [-0.25, -0.2) is 13.6 Å². The topological polar surface area (TPSA) is 67.4 Å². The molecule has 0 spiro atoms. The quantitative estimate of drug-likeness (QED) is 0.776. The monoisotopic (exact) mass is 388 g/mol. The van der Waals surface area contributed by atoms with Crippen molar-refractivity contribution in [2.75, 3.05) is 12.4 Å². The van der Waals surface area contributed by atoms with Crippen molar-refractivity contribution in [3.05, 3.63) is 64.7 Å². The lowest BCUT2D eigenvalue weighted by Gasteiger charge is -2.11. The number of anilines is 1. The lowest BCUT2D eigenvalue weighted by Crippen LogP contribution is -2.22. The van der Waals surface area contributed by atoms with Crippen molar-refractivity contribution in [1.29, 1.82) is 0 Å². The van der Waals surface area contributed by atoms with Crippen LogP contribution in [0.25, 0.3) is 0 Å². The van der Waals surface area contributed by atoms with Gasteiger partial charge < -0.3 is 15.4 Å². The average Bonchev–Trinajstić information content (AvgIpc) is 2.59.